The first-order chi connectivity index (χ1) is 14.0. The highest BCUT2D eigenvalue weighted by Crippen LogP contribution is 2.29. The second-order valence-electron chi connectivity index (χ2n) is 5.99. The lowest BCUT2D eigenvalue weighted by Crippen LogP contribution is -2.09. The van der Waals surface area contributed by atoms with Crippen molar-refractivity contribution in [1.29, 1.82) is 0 Å². The van der Waals surface area contributed by atoms with Gasteiger partial charge in [0.2, 0.25) is 11.2 Å². The van der Waals surface area contributed by atoms with E-state index in [9.17, 15) is 9.59 Å². The number of hydrogen-bond acceptors (Lipinski definition) is 5. The monoisotopic (exact) mass is 514 g/mol. The average Bonchev–Trinajstić information content (AvgIpc) is 2.72. The molecule has 4 aromatic rings. The van der Waals surface area contributed by atoms with Crippen LogP contribution in [0.25, 0.3) is 11.0 Å². The third-order valence-electron chi connectivity index (χ3n) is 4.08. The van der Waals surface area contributed by atoms with Crippen LogP contribution in [0, 0.1) is 0 Å². The largest absolute Gasteiger partial charge is 0.460 e. The molecule has 7 heteroatoms. The lowest BCUT2D eigenvalue weighted by atomic mass is 10.2. The maximum atomic E-state index is 12.7. The Hall–Kier alpha value is -2.90. The number of fused-ring (bicyclic) bond motifs is 1. The SMILES string of the molecule is O=C(Oc1ccc2c(=O)c(Oc3ccccc3Br)coc2c1)c1ccccc1Br. The summed E-state index contributed by atoms with van der Waals surface area (Å²) in [5.41, 5.74) is 0.351. The van der Waals surface area contributed by atoms with Crippen molar-refractivity contribution in [3.63, 3.8) is 0 Å². The zero-order chi connectivity index (χ0) is 20.4. The molecular weight excluding hydrogens is 504 g/mol. The van der Waals surface area contributed by atoms with E-state index in [-0.39, 0.29) is 22.5 Å². The molecule has 0 aliphatic heterocycles. The van der Waals surface area contributed by atoms with Gasteiger partial charge < -0.3 is 13.9 Å². The van der Waals surface area contributed by atoms with E-state index in [2.05, 4.69) is 31.9 Å². The molecule has 5 nitrogen and oxygen atoms in total. The van der Waals surface area contributed by atoms with Gasteiger partial charge in [-0.25, -0.2) is 4.79 Å². The topological polar surface area (TPSA) is 65.7 Å². The number of benzene rings is 3. The molecule has 3 aromatic carbocycles. The number of halogens is 2. The molecule has 4 rings (SSSR count). The summed E-state index contributed by atoms with van der Waals surface area (Å²) < 4.78 is 18.0. The first kappa shape index (κ1) is 19.4. The summed E-state index contributed by atoms with van der Waals surface area (Å²) in [5, 5.41) is 0.315. The Kier molecular flexibility index (Phi) is 5.51. The molecular formula is C22H12Br2O5. The second kappa shape index (κ2) is 8.23. The fourth-order valence-electron chi connectivity index (χ4n) is 2.66. The van der Waals surface area contributed by atoms with Crippen LogP contribution >= 0.6 is 31.9 Å². The Balaban J connectivity index is 1.62. The van der Waals surface area contributed by atoms with E-state index in [1.807, 2.05) is 12.1 Å². The fraction of sp³-hybridized carbons (Fsp3) is 0. The van der Waals surface area contributed by atoms with Crippen molar-refractivity contribution < 1.29 is 18.7 Å². The summed E-state index contributed by atoms with van der Waals surface area (Å²) >= 11 is 6.70. The minimum Gasteiger partial charge on any atom is -0.460 e. The number of carbonyl (C=O) groups is 1. The van der Waals surface area contributed by atoms with Crippen LogP contribution in [0.1, 0.15) is 10.4 Å². The van der Waals surface area contributed by atoms with Crippen molar-refractivity contribution in [3.05, 3.63) is 97.7 Å². The van der Waals surface area contributed by atoms with Crippen LogP contribution in [0.15, 0.2) is 91.2 Å². The zero-order valence-electron chi connectivity index (χ0n) is 14.7. The van der Waals surface area contributed by atoms with Gasteiger partial charge in [0.15, 0.2) is 0 Å². The number of esters is 1. The number of carbonyl (C=O) groups excluding carboxylic acids is 1. The molecule has 0 bridgehead atoms. The predicted octanol–water partition coefficient (Wildman–Crippen LogP) is 6.33. The fourth-order valence-corrected chi connectivity index (χ4v) is 3.47. The minimum absolute atomic E-state index is 0.0577. The zero-order valence-corrected chi connectivity index (χ0v) is 17.9. The summed E-state index contributed by atoms with van der Waals surface area (Å²) in [6, 6.07) is 18.7. The molecule has 0 atom stereocenters. The molecule has 0 spiro atoms. The highest BCUT2D eigenvalue weighted by molar-refractivity contribution is 9.10. The molecule has 0 saturated carbocycles. The first-order valence-corrected chi connectivity index (χ1v) is 10.1. The van der Waals surface area contributed by atoms with E-state index in [1.54, 1.807) is 36.4 Å². The summed E-state index contributed by atoms with van der Waals surface area (Å²) in [5.74, 6) is 0.300. The Morgan fingerprint density at radius 2 is 1.59 bits per heavy atom. The van der Waals surface area contributed by atoms with Crippen LogP contribution in [0.5, 0.6) is 17.2 Å². The normalized spacial score (nSPS) is 10.7. The Bertz CT molecular complexity index is 1280. The van der Waals surface area contributed by atoms with E-state index in [4.69, 9.17) is 13.9 Å². The quantitative estimate of drug-likeness (QED) is 0.235. The standard InChI is InChI=1S/C22H12Br2O5/c23-16-6-2-1-5-14(16)22(26)28-13-9-10-15-19(11-13)27-12-20(21(15)25)29-18-8-4-3-7-17(18)24/h1-12H. The van der Waals surface area contributed by atoms with Crippen molar-refractivity contribution in [2.24, 2.45) is 0 Å². The molecule has 0 unspecified atom stereocenters. The van der Waals surface area contributed by atoms with E-state index in [0.717, 1.165) is 0 Å². The summed E-state index contributed by atoms with van der Waals surface area (Å²) in [6.07, 6.45) is 1.24. The van der Waals surface area contributed by atoms with Crippen molar-refractivity contribution in [3.8, 4) is 17.2 Å². The molecule has 0 fully saturated rings. The van der Waals surface area contributed by atoms with Gasteiger partial charge in [0.1, 0.15) is 23.3 Å². The van der Waals surface area contributed by atoms with Crippen molar-refractivity contribution in [2.45, 2.75) is 0 Å². The molecule has 144 valence electrons. The van der Waals surface area contributed by atoms with Crippen LogP contribution in [0.3, 0.4) is 0 Å². The third-order valence-corrected chi connectivity index (χ3v) is 5.42. The summed E-state index contributed by atoms with van der Waals surface area (Å²) in [7, 11) is 0. The van der Waals surface area contributed by atoms with Gasteiger partial charge in [-0.15, -0.1) is 0 Å². The van der Waals surface area contributed by atoms with Crippen LogP contribution in [-0.4, -0.2) is 5.97 Å². The molecule has 1 aromatic heterocycles. The van der Waals surface area contributed by atoms with Crippen LogP contribution < -0.4 is 14.9 Å². The van der Waals surface area contributed by atoms with Gasteiger partial charge in [0, 0.05) is 10.5 Å². The number of para-hydroxylation sites is 1. The smallest absolute Gasteiger partial charge is 0.344 e. The maximum absolute atomic E-state index is 12.7. The Morgan fingerprint density at radius 1 is 0.862 bits per heavy atom. The second-order valence-corrected chi connectivity index (χ2v) is 7.70. The number of ether oxygens (including phenoxy) is 2. The molecule has 1 heterocycles. The first-order valence-electron chi connectivity index (χ1n) is 8.47. The minimum atomic E-state index is -0.520. The molecule has 0 radical (unpaired) electrons. The van der Waals surface area contributed by atoms with E-state index >= 15 is 0 Å². The van der Waals surface area contributed by atoms with E-state index < -0.39 is 5.97 Å². The number of hydrogen-bond donors (Lipinski definition) is 0. The molecule has 29 heavy (non-hydrogen) atoms. The third kappa shape index (κ3) is 4.11. The van der Waals surface area contributed by atoms with Crippen LogP contribution in [-0.2, 0) is 0 Å². The Morgan fingerprint density at radius 3 is 2.34 bits per heavy atom. The van der Waals surface area contributed by atoms with Gasteiger partial charge in [-0.1, -0.05) is 24.3 Å². The van der Waals surface area contributed by atoms with Gasteiger partial charge >= 0.3 is 5.97 Å². The van der Waals surface area contributed by atoms with E-state index in [1.165, 1.54) is 24.5 Å². The van der Waals surface area contributed by atoms with Gasteiger partial charge in [0.05, 0.1) is 15.4 Å². The molecule has 0 saturated heterocycles. The molecule has 0 aliphatic rings. The Labute approximate surface area is 182 Å². The predicted molar refractivity (Wildman–Crippen MR) is 116 cm³/mol. The van der Waals surface area contributed by atoms with Gasteiger partial charge in [0.25, 0.3) is 0 Å². The van der Waals surface area contributed by atoms with Crippen molar-refractivity contribution in [2.75, 3.05) is 0 Å². The highest BCUT2D eigenvalue weighted by atomic mass is 79.9. The molecule has 0 N–H and O–H groups in total. The molecule has 0 aliphatic carbocycles. The van der Waals surface area contributed by atoms with Crippen LogP contribution in [0.2, 0.25) is 0 Å². The average molecular weight is 516 g/mol. The lowest BCUT2D eigenvalue weighted by molar-refractivity contribution is 0.0734. The van der Waals surface area contributed by atoms with Crippen molar-refractivity contribution in [1.82, 2.24) is 0 Å². The lowest BCUT2D eigenvalue weighted by Gasteiger charge is -2.08. The number of rotatable bonds is 4. The van der Waals surface area contributed by atoms with Gasteiger partial charge in [-0.05, 0) is 68.3 Å². The van der Waals surface area contributed by atoms with Gasteiger partial charge in [-0.2, -0.15) is 0 Å². The van der Waals surface area contributed by atoms with E-state index in [0.29, 0.717) is 25.6 Å². The summed E-state index contributed by atoms with van der Waals surface area (Å²) in [4.78, 5) is 25.1. The van der Waals surface area contributed by atoms with Gasteiger partial charge in [-0.3, -0.25) is 4.79 Å². The maximum Gasteiger partial charge on any atom is 0.344 e. The summed E-state index contributed by atoms with van der Waals surface area (Å²) in [6.45, 7) is 0. The highest BCUT2D eigenvalue weighted by Gasteiger charge is 2.15. The molecule has 0 amide bonds. The van der Waals surface area contributed by atoms with Crippen LogP contribution in [0.4, 0.5) is 0 Å². The van der Waals surface area contributed by atoms with Crippen molar-refractivity contribution >= 4 is 48.8 Å².